The Labute approximate surface area is 95.9 Å². The van der Waals surface area contributed by atoms with Gasteiger partial charge in [-0.3, -0.25) is 9.13 Å². The second-order valence-electron chi connectivity index (χ2n) is 3.50. The molecule has 0 saturated heterocycles. The molecule has 0 aromatic carbocycles. The van der Waals surface area contributed by atoms with E-state index < -0.39 is 26.2 Å². The number of imidazole rings is 1. The number of hydrogen-bond donors (Lipinski definition) is 6. The first-order chi connectivity index (χ1) is 7.52. The van der Waals surface area contributed by atoms with Crippen LogP contribution in [0.2, 0.25) is 0 Å². The Bertz CT molecular complexity index is 453. The third-order valence-electron chi connectivity index (χ3n) is 2.42. The van der Waals surface area contributed by atoms with Crippen molar-refractivity contribution >= 4 is 15.2 Å². The van der Waals surface area contributed by atoms with Crippen LogP contribution in [-0.2, 0) is 9.13 Å². The Hall–Kier alpha value is -0.530. The average Bonchev–Trinajstić information content (AvgIpc) is 2.64. The van der Waals surface area contributed by atoms with Crippen molar-refractivity contribution in [1.29, 1.82) is 0 Å². The Morgan fingerprint density at radius 1 is 1.29 bits per heavy atom. The highest BCUT2D eigenvalue weighted by Gasteiger charge is 2.63. The van der Waals surface area contributed by atoms with Crippen LogP contribution >= 0.6 is 15.2 Å². The second-order valence-corrected chi connectivity index (χ2v) is 7.40. The first kappa shape index (κ1) is 14.5. The van der Waals surface area contributed by atoms with E-state index in [-0.39, 0.29) is 5.69 Å². The number of hydrogen-bond acceptors (Lipinski definition) is 4. The molecule has 11 heteroatoms. The zero-order valence-corrected chi connectivity index (χ0v) is 10.4. The number of nitrogens with zero attached hydrogens (tertiary/aromatic N) is 1. The van der Waals surface area contributed by atoms with Gasteiger partial charge < -0.3 is 29.7 Å². The third-order valence-corrected chi connectivity index (χ3v) is 6.48. The van der Waals surface area contributed by atoms with Crippen molar-refractivity contribution in [1.82, 2.24) is 9.97 Å². The van der Waals surface area contributed by atoms with Crippen LogP contribution in [0.4, 0.5) is 0 Å². The topological polar surface area (TPSA) is 164 Å². The quantitative estimate of drug-likeness (QED) is 0.404. The summed E-state index contributed by atoms with van der Waals surface area (Å²) in [5, 5.41) is 6.27. The molecule has 1 atom stereocenters. The van der Waals surface area contributed by atoms with E-state index in [1.807, 2.05) is 0 Å². The zero-order chi connectivity index (χ0) is 13.5. The van der Waals surface area contributed by atoms with Crippen molar-refractivity contribution in [3.8, 4) is 0 Å². The molecule has 9 nitrogen and oxygen atoms in total. The standard InChI is InChI=1S/C6H12N2O7P2/c1-4(5-2-7-3-8-5)6(9,16(10,11)12)17(13,14)15/h2-4,9H,1H3,(H,7,8)(H2,10,11,12)(H2,13,14,15). The molecule has 1 aromatic heterocycles. The van der Waals surface area contributed by atoms with Crippen molar-refractivity contribution < 1.29 is 33.8 Å². The summed E-state index contributed by atoms with van der Waals surface area (Å²) in [6.07, 6.45) is 2.27. The van der Waals surface area contributed by atoms with Crippen LogP contribution in [-0.4, -0.2) is 39.7 Å². The molecule has 1 rings (SSSR count). The molecule has 0 saturated carbocycles. The Morgan fingerprint density at radius 2 is 1.76 bits per heavy atom. The molecule has 0 aliphatic carbocycles. The summed E-state index contributed by atoms with van der Waals surface area (Å²) in [7, 11) is -10.9. The van der Waals surface area contributed by atoms with Gasteiger partial charge >= 0.3 is 15.2 Å². The van der Waals surface area contributed by atoms with Gasteiger partial charge in [0.2, 0.25) is 0 Å². The van der Waals surface area contributed by atoms with Gasteiger partial charge in [-0.05, 0) is 0 Å². The SMILES string of the molecule is CC(c1cnc[nH]1)C(O)(P(=O)(O)O)P(=O)(O)O. The maximum atomic E-state index is 11.2. The number of rotatable bonds is 4. The largest absolute Gasteiger partial charge is 0.370 e. The van der Waals surface area contributed by atoms with Gasteiger partial charge in [-0.1, -0.05) is 6.92 Å². The van der Waals surface area contributed by atoms with Crippen LogP contribution in [0, 0.1) is 0 Å². The van der Waals surface area contributed by atoms with Crippen molar-refractivity contribution in [2.75, 3.05) is 0 Å². The maximum absolute atomic E-state index is 11.2. The predicted octanol–water partition coefficient (Wildman–Crippen LogP) is -0.485. The van der Waals surface area contributed by atoms with Crippen LogP contribution in [0.15, 0.2) is 12.5 Å². The average molecular weight is 286 g/mol. The number of nitrogens with one attached hydrogen (secondary N) is 1. The van der Waals surface area contributed by atoms with Gasteiger partial charge in [0.25, 0.3) is 5.08 Å². The molecule has 1 heterocycles. The van der Waals surface area contributed by atoms with Gasteiger partial charge in [0, 0.05) is 11.9 Å². The van der Waals surface area contributed by atoms with E-state index in [0.717, 1.165) is 19.4 Å². The molecule has 1 aromatic rings. The Kier molecular flexibility index (Phi) is 3.67. The summed E-state index contributed by atoms with van der Waals surface area (Å²) in [4.78, 5) is 41.9. The molecule has 0 aliphatic rings. The lowest BCUT2D eigenvalue weighted by Gasteiger charge is -2.33. The fourth-order valence-corrected chi connectivity index (χ4v) is 4.03. The summed E-state index contributed by atoms with van der Waals surface area (Å²) >= 11 is 0. The van der Waals surface area contributed by atoms with Crippen molar-refractivity contribution in [2.24, 2.45) is 0 Å². The lowest BCUT2D eigenvalue weighted by atomic mass is 10.1. The molecular weight excluding hydrogens is 274 g/mol. The lowest BCUT2D eigenvalue weighted by Crippen LogP contribution is -2.34. The second kappa shape index (κ2) is 4.29. The van der Waals surface area contributed by atoms with Crippen molar-refractivity contribution in [3.63, 3.8) is 0 Å². The van der Waals surface area contributed by atoms with E-state index in [0.29, 0.717) is 0 Å². The summed E-state index contributed by atoms with van der Waals surface area (Å²) in [5.41, 5.74) is -0.000787. The minimum absolute atomic E-state index is 0.000787. The predicted molar refractivity (Wildman–Crippen MR) is 56.0 cm³/mol. The fraction of sp³-hybridized carbons (Fsp3) is 0.500. The van der Waals surface area contributed by atoms with Crippen LogP contribution < -0.4 is 0 Å². The highest BCUT2D eigenvalue weighted by Crippen LogP contribution is 2.72. The van der Waals surface area contributed by atoms with Crippen LogP contribution in [0.5, 0.6) is 0 Å². The van der Waals surface area contributed by atoms with E-state index in [2.05, 4.69) is 9.97 Å². The molecule has 0 amide bonds. The minimum atomic E-state index is -5.46. The molecule has 1 unspecified atom stereocenters. The molecule has 0 spiro atoms. The molecule has 0 radical (unpaired) electrons. The van der Waals surface area contributed by atoms with Crippen LogP contribution in [0.3, 0.4) is 0 Å². The smallest absolute Gasteiger partial charge is 0.367 e. The monoisotopic (exact) mass is 286 g/mol. The van der Waals surface area contributed by atoms with Crippen LogP contribution in [0.25, 0.3) is 0 Å². The maximum Gasteiger partial charge on any atom is 0.370 e. The van der Waals surface area contributed by atoms with Crippen molar-refractivity contribution in [2.45, 2.75) is 17.9 Å². The molecule has 0 bridgehead atoms. The molecule has 98 valence electrons. The fourth-order valence-electron chi connectivity index (χ4n) is 1.39. The number of aromatic amines is 1. The van der Waals surface area contributed by atoms with E-state index in [4.69, 9.17) is 19.6 Å². The summed E-state index contributed by atoms with van der Waals surface area (Å²) in [5.74, 6) is -1.52. The van der Waals surface area contributed by atoms with Crippen molar-refractivity contribution in [3.05, 3.63) is 18.2 Å². The number of H-pyrrole nitrogens is 1. The molecule has 0 aliphatic heterocycles. The molecule has 0 fully saturated rings. The highest BCUT2D eigenvalue weighted by atomic mass is 31.2. The van der Waals surface area contributed by atoms with E-state index in [9.17, 15) is 14.2 Å². The first-order valence-corrected chi connectivity index (χ1v) is 7.56. The Morgan fingerprint density at radius 3 is 2.06 bits per heavy atom. The number of aliphatic hydroxyl groups is 1. The van der Waals surface area contributed by atoms with Gasteiger partial charge in [0.1, 0.15) is 0 Å². The number of aromatic nitrogens is 2. The van der Waals surface area contributed by atoms with Crippen LogP contribution in [0.1, 0.15) is 18.5 Å². The highest BCUT2D eigenvalue weighted by molar-refractivity contribution is 7.72. The zero-order valence-electron chi connectivity index (χ0n) is 8.63. The summed E-state index contributed by atoms with van der Waals surface area (Å²) in [6.45, 7) is 1.08. The Balaban J connectivity index is 3.37. The first-order valence-electron chi connectivity index (χ1n) is 4.33. The van der Waals surface area contributed by atoms with Gasteiger partial charge in [-0.2, -0.15) is 0 Å². The minimum Gasteiger partial charge on any atom is -0.367 e. The van der Waals surface area contributed by atoms with E-state index in [1.165, 1.54) is 0 Å². The summed E-state index contributed by atoms with van der Waals surface area (Å²) in [6, 6.07) is 0. The van der Waals surface area contributed by atoms with Gasteiger partial charge in [0.05, 0.1) is 12.2 Å². The molecule has 17 heavy (non-hydrogen) atoms. The lowest BCUT2D eigenvalue weighted by molar-refractivity contribution is 0.110. The summed E-state index contributed by atoms with van der Waals surface area (Å²) < 4.78 is 22.3. The van der Waals surface area contributed by atoms with Gasteiger partial charge in [0.15, 0.2) is 0 Å². The van der Waals surface area contributed by atoms with Gasteiger partial charge in [-0.25, -0.2) is 4.98 Å². The normalized spacial score (nSPS) is 15.9. The van der Waals surface area contributed by atoms with E-state index in [1.54, 1.807) is 0 Å². The van der Waals surface area contributed by atoms with Gasteiger partial charge in [-0.15, -0.1) is 0 Å². The molecular formula is C6H12N2O7P2. The third kappa shape index (κ3) is 2.36. The van der Waals surface area contributed by atoms with E-state index >= 15 is 0 Å². The molecule has 6 N–H and O–H groups in total.